The molecular weight excluding hydrogens is 168 g/mol. The van der Waals surface area contributed by atoms with Gasteiger partial charge in [-0.25, -0.2) is 15.0 Å². The molecule has 2 aromatic heterocycles. The van der Waals surface area contributed by atoms with E-state index in [2.05, 4.69) is 19.9 Å². The van der Waals surface area contributed by atoms with Gasteiger partial charge in [-0.1, -0.05) is 0 Å². The lowest BCUT2D eigenvalue weighted by Crippen LogP contribution is -2.22. The van der Waals surface area contributed by atoms with Crippen LogP contribution in [-0.4, -0.2) is 26.5 Å². The Hall–Kier alpha value is -1.53. The SMILES string of the molecule is NCC(N)c1ncnc2nc[nH]c12. The van der Waals surface area contributed by atoms with Crippen LogP contribution in [0.25, 0.3) is 11.2 Å². The number of nitrogens with zero attached hydrogens (tertiary/aromatic N) is 3. The molecule has 2 heterocycles. The molecule has 0 aromatic carbocycles. The van der Waals surface area contributed by atoms with Gasteiger partial charge in [0.05, 0.1) is 18.1 Å². The van der Waals surface area contributed by atoms with Crippen molar-refractivity contribution in [2.24, 2.45) is 11.5 Å². The average Bonchev–Trinajstić information content (AvgIpc) is 2.63. The van der Waals surface area contributed by atoms with E-state index in [1.807, 2.05) is 0 Å². The molecule has 0 aliphatic carbocycles. The van der Waals surface area contributed by atoms with Gasteiger partial charge in [0.1, 0.15) is 11.8 Å². The highest BCUT2D eigenvalue weighted by molar-refractivity contribution is 5.72. The lowest BCUT2D eigenvalue weighted by Gasteiger charge is -2.07. The van der Waals surface area contributed by atoms with Crippen molar-refractivity contribution in [3.8, 4) is 0 Å². The summed E-state index contributed by atoms with van der Waals surface area (Å²) in [5.41, 5.74) is 13.3. The Balaban J connectivity index is 2.60. The summed E-state index contributed by atoms with van der Waals surface area (Å²) >= 11 is 0. The Kier molecular flexibility index (Phi) is 1.91. The number of aromatic amines is 1. The molecule has 0 radical (unpaired) electrons. The molecule has 2 aromatic rings. The second kappa shape index (κ2) is 3.08. The summed E-state index contributed by atoms with van der Waals surface area (Å²) in [5, 5.41) is 0. The molecule has 2 rings (SSSR count). The Morgan fingerprint density at radius 1 is 1.38 bits per heavy atom. The highest BCUT2D eigenvalue weighted by Crippen LogP contribution is 2.14. The Morgan fingerprint density at radius 3 is 3.00 bits per heavy atom. The van der Waals surface area contributed by atoms with Gasteiger partial charge < -0.3 is 16.5 Å². The second-order valence-corrected chi connectivity index (χ2v) is 2.70. The van der Waals surface area contributed by atoms with Crippen LogP contribution in [0.4, 0.5) is 0 Å². The summed E-state index contributed by atoms with van der Waals surface area (Å²) in [5.74, 6) is 0. The minimum absolute atomic E-state index is 0.272. The number of aromatic nitrogens is 4. The van der Waals surface area contributed by atoms with Gasteiger partial charge in [0.25, 0.3) is 0 Å². The molecule has 0 bridgehead atoms. The number of fused-ring (bicyclic) bond motifs is 1. The third-order valence-corrected chi connectivity index (χ3v) is 1.86. The first-order chi connectivity index (χ1) is 6.33. The van der Waals surface area contributed by atoms with Crippen LogP contribution in [0.3, 0.4) is 0 Å². The lowest BCUT2D eigenvalue weighted by atomic mass is 10.2. The molecular formula is C7H10N6. The Labute approximate surface area is 74.4 Å². The maximum atomic E-state index is 5.76. The van der Waals surface area contributed by atoms with E-state index in [0.717, 1.165) is 5.52 Å². The van der Waals surface area contributed by atoms with Gasteiger partial charge in [-0.2, -0.15) is 0 Å². The van der Waals surface area contributed by atoms with Crippen LogP contribution in [-0.2, 0) is 0 Å². The Bertz CT molecular complexity index is 408. The quantitative estimate of drug-likeness (QED) is 0.564. The maximum absolute atomic E-state index is 5.76. The smallest absolute Gasteiger partial charge is 0.180 e. The summed E-state index contributed by atoms with van der Waals surface area (Å²) in [6.45, 7) is 0.352. The molecule has 0 aliphatic rings. The van der Waals surface area contributed by atoms with Crippen molar-refractivity contribution in [3.63, 3.8) is 0 Å². The van der Waals surface area contributed by atoms with Crippen LogP contribution >= 0.6 is 0 Å². The Morgan fingerprint density at radius 2 is 2.23 bits per heavy atom. The van der Waals surface area contributed by atoms with E-state index < -0.39 is 0 Å². The molecule has 0 amide bonds. The van der Waals surface area contributed by atoms with Crippen molar-refractivity contribution in [3.05, 3.63) is 18.3 Å². The summed E-state index contributed by atoms with van der Waals surface area (Å²) in [7, 11) is 0. The van der Waals surface area contributed by atoms with E-state index in [-0.39, 0.29) is 6.04 Å². The van der Waals surface area contributed by atoms with Crippen LogP contribution in [0.1, 0.15) is 11.7 Å². The molecule has 0 saturated heterocycles. The highest BCUT2D eigenvalue weighted by Gasteiger charge is 2.11. The van der Waals surface area contributed by atoms with E-state index in [1.54, 1.807) is 6.33 Å². The summed E-state index contributed by atoms with van der Waals surface area (Å²) < 4.78 is 0. The topological polar surface area (TPSA) is 106 Å². The maximum Gasteiger partial charge on any atom is 0.180 e. The van der Waals surface area contributed by atoms with Crippen molar-refractivity contribution in [1.82, 2.24) is 19.9 Å². The summed E-state index contributed by atoms with van der Waals surface area (Å²) in [4.78, 5) is 15.0. The van der Waals surface area contributed by atoms with Crippen LogP contribution < -0.4 is 11.5 Å². The fourth-order valence-corrected chi connectivity index (χ4v) is 1.18. The fraction of sp³-hybridized carbons (Fsp3) is 0.286. The van der Waals surface area contributed by atoms with Crippen molar-refractivity contribution in [1.29, 1.82) is 0 Å². The first kappa shape index (κ1) is 8.09. The summed E-state index contributed by atoms with van der Waals surface area (Å²) in [6.07, 6.45) is 3.00. The van der Waals surface area contributed by atoms with Gasteiger partial charge in [-0.15, -0.1) is 0 Å². The zero-order chi connectivity index (χ0) is 9.26. The van der Waals surface area contributed by atoms with Crippen molar-refractivity contribution < 1.29 is 0 Å². The van der Waals surface area contributed by atoms with Crippen LogP contribution in [0.5, 0.6) is 0 Å². The van der Waals surface area contributed by atoms with Crippen molar-refractivity contribution in [2.45, 2.75) is 6.04 Å². The van der Waals surface area contributed by atoms with Gasteiger partial charge in [0, 0.05) is 6.54 Å². The molecule has 68 valence electrons. The molecule has 0 spiro atoms. The van der Waals surface area contributed by atoms with Gasteiger partial charge in [-0.05, 0) is 0 Å². The third-order valence-electron chi connectivity index (χ3n) is 1.86. The minimum atomic E-state index is -0.272. The third kappa shape index (κ3) is 1.25. The van der Waals surface area contributed by atoms with Crippen LogP contribution in [0, 0.1) is 0 Å². The predicted molar refractivity (Wildman–Crippen MR) is 47.7 cm³/mol. The number of hydrogen-bond donors (Lipinski definition) is 3. The van der Waals surface area contributed by atoms with E-state index in [4.69, 9.17) is 11.5 Å². The normalized spacial score (nSPS) is 13.4. The molecule has 13 heavy (non-hydrogen) atoms. The molecule has 0 fully saturated rings. The van der Waals surface area contributed by atoms with Crippen LogP contribution in [0.15, 0.2) is 12.7 Å². The molecule has 0 aliphatic heterocycles. The second-order valence-electron chi connectivity index (χ2n) is 2.70. The largest absolute Gasteiger partial charge is 0.342 e. The number of H-pyrrole nitrogens is 1. The first-order valence-electron chi connectivity index (χ1n) is 3.92. The van der Waals surface area contributed by atoms with Gasteiger partial charge >= 0.3 is 0 Å². The molecule has 1 atom stereocenters. The highest BCUT2D eigenvalue weighted by atomic mass is 15.0. The molecule has 1 unspecified atom stereocenters. The number of nitrogens with two attached hydrogens (primary N) is 2. The molecule has 6 heteroatoms. The zero-order valence-electron chi connectivity index (χ0n) is 6.94. The molecule has 5 N–H and O–H groups in total. The van der Waals surface area contributed by atoms with E-state index in [1.165, 1.54) is 6.33 Å². The molecule has 6 nitrogen and oxygen atoms in total. The minimum Gasteiger partial charge on any atom is -0.342 e. The molecule has 0 saturated carbocycles. The predicted octanol–water partition coefficient (Wildman–Crippen LogP) is -0.689. The number of hydrogen-bond acceptors (Lipinski definition) is 5. The van der Waals surface area contributed by atoms with Gasteiger partial charge in [0.2, 0.25) is 0 Å². The van der Waals surface area contributed by atoms with Crippen molar-refractivity contribution >= 4 is 11.2 Å². The average molecular weight is 178 g/mol. The van der Waals surface area contributed by atoms with E-state index in [0.29, 0.717) is 17.9 Å². The van der Waals surface area contributed by atoms with Crippen LogP contribution in [0.2, 0.25) is 0 Å². The zero-order valence-corrected chi connectivity index (χ0v) is 6.94. The lowest BCUT2D eigenvalue weighted by molar-refractivity contribution is 0.714. The number of imidazole rings is 1. The number of rotatable bonds is 2. The van der Waals surface area contributed by atoms with E-state index in [9.17, 15) is 0 Å². The fourth-order valence-electron chi connectivity index (χ4n) is 1.18. The number of nitrogens with one attached hydrogen (secondary N) is 1. The monoisotopic (exact) mass is 178 g/mol. The van der Waals surface area contributed by atoms with Gasteiger partial charge in [0.15, 0.2) is 5.65 Å². The summed E-state index contributed by atoms with van der Waals surface area (Å²) in [6, 6.07) is -0.272. The standard InChI is InChI=1S/C7H10N6/c8-1-4(9)5-6-7(12-2-10-5)13-3-11-6/h2-4H,1,8-9H2,(H,10,11,12,13). The first-order valence-corrected chi connectivity index (χ1v) is 3.92. The van der Waals surface area contributed by atoms with Gasteiger partial charge in [-0.3, -0.25) is 0 Å². The van der Waals surface area contributed by atoms with Crippen molar-refractivity contribution in [2.75, 3.05) is 6.54 Å². The van der Waals surface area contributed by atoms with E-state index >= 15 is 0 Å².